The number of carbonyl (C=O) groups is 1. The number of hydrogen-bond acceptors (Lipinski definition) is 2. The Labute approximate surface area is 156 Å². The Kier molecular flexibility index (Phi) is 5.30. The number of likely N-dealkylation sites (tertiary alicyclic amines) is 1. The van der Waals surface area contributed by atoms with Crippen molar-refractivity contribution in [2.45, 2.75) is 64.6 Å². The van der Waals surface area contributed by atoms with Crippen molar-refractivity contribution in [2.75, 3.05) is 13.1 Å². The molecule has 4 heteroatoms. The van der Waals surface area contributed by atoms with Gasteiger partial charge in [-0.1, -0.05) is 31.0 Å². The van der Waals surface area contributed by atoms with E-state index in [1.807, 2.05) is 0 Å². The summed E-state index contributed by atoms with van der Waals surface area (Å²) >= 11 is 0. The predicted octanol–water partition coefficient (Wildman–Crippen LogP) is 3.93. The molecule has 0 atom stereocenters. The highest BCUT2D eigenvalue weighted by Crippen LogP contribution is 2.26. The van der Waals surface area contributed by atoms with Crippen molar-refractivity contribution in [2.24, 2.45) is 5.92 Å². The van der Waals surface area contributed by atoms with Crippen molar-refractivity contribution in [3.63, 3.8) is 0 Å². The standard InChI is InChI=1S/C22H31N3O/c1-2-25-16-18(20-9-5-6-10-21(20)25)15-24-13-11-17(12-14-24)22(26)23-19-7-3-4-8-19/h5-6,9-10,16-17,19H,2-4,7-8,11-15H2,1H3,(H,23,26). The summed E-state index contributed by atoms with van der Waals surface area (Å²) in [6.45, 7) is 6.24. The van der Waals surface area contributed by atoms with E-state index in [2.05, 4.69) is 52.2 Å². The molecule has 1 saturated heterocycles. The van der Waals surface area contributed by atoms with E-state index in [4.69, 9.17) is 0 Å². The first kappa shape index (κ1) is 17.6. The van der Waals surface area contributed by atoms with E-state index in [1.165, 1.54) is 42.1 Å². The number of amides is 1. The Hall–Kier alpha value is -1.81. The van der Waals surface area contributed by atoms with Gasteiger partial charge in [0.2, 0.25) is 5.91 Å². The van der Waals surface area contributed by atoms with Crippen LogP contribution in [0.5, 0.6) is 0 Å². The molecule has 2 heterocycles. The van der Waals surface area contributed by atoms with Crippen molar-refractivity contribution in [1.82, 2.24) is 14.8 Å². The van der Waals surface area contributed by atoms with E-state index in [0.717, 1.165) is 39.0 Å². The van der Waals surface area contributed by atoms with E-state index >= 15 is 0 Å². The second kappa shape index (κ2) is 7.83. The van der Waals surface area contributed by atoms with Gasteiger partial charge in [-0.3, -0.25) is 9.69 Å². The summed E-state index contributed by atoms with van der Waals surface area (Å²) < 4.78 is 2.34. The third-order valence-electron chi connectivity index (χ3n) is 6.27. The number of nitrogens with one attached hydrogen (secondary N) is 1. The monoisotopic (exact) mass is 353 g/mol. The van der Waals surface area contributed by atoms with Crippen LogP contribution in [0.1, 0.15) is 51.0 Å². The molecular formula is C22H31N3O. The molecule has 1 aliphatic heterocycles. The number of piperidine rings is 1. The third kappa shape index (κ3) is 3.66. The van der Waals surface area contributed by atoms with Crippen LogP contribution in [-0.4, -0.2) is 34.5 Å². The van der Waals surface area contributed by atoms with Gasteiger partial charge in [0.1, 0.15) is 0 Å². The minimum absolute atomic E-state index is 0.212. The fourth-order valence-corrected chi connectivity index (χ4v) is 4.69. The van der Waals surface area contributed by atoms with Gasteiger partial charge in [0, 0.05) is 42.1 Å². The molecule has 1 N–H and O–H groups in total. The molecule has 0 radical (unpaired) electrons. The van der Waals surface area contributed by atoms with Crippen LogP contribution in [0.15, 0.2) is 30.5 Å². The Morgan fingerprint density at radius 1 is 1.12 bits per heavy atom. The zero-order valence-electron chi connectivity index (χ0n) is 15.9. The Morgan fingerprint density at radius 3 is 2.58 bits per heavy atom. The van der Waals surface area contributed by atoms with Gasteiger partial charge in [-0.05, 0) is 57.3 Å². The average Bonchev–Trinajstić information content (AvgIpc) is 3.30. The summed E-state index contributed by atoms with van der Waals surface area (Å²) in [5.41, 5.74) is 2.74. The summed E-state index contributed by atoms with van der Waals surface area (Å²) in [4.78, 5) is 15.0. The van der Waals surface area contributed by atoms with Crippen LogP contribution in [0.2, 0.25) is 0 Å². The van der Waals surface area contributed by atoms with Gasteiger partial charge in [0.15, 0.2) is 0 Å². The molecule has 2 aliphatic rings. The minimum Gasteiger partial charge on any atom is -0.353 e. The molecule has 0 spiro atoms. The van der Waals surface area contributed by atoms with E-state index in [9.17, 15) is 4.79 Å². The Bertz CT molecular complexity index is 752. The molecule has 140 valence electrons. The summed E-state index contributed by atoms with van der Waals surface area (Å²) in [7, 11) is 0. The molecule has 4 rings (SSSR count). The molecule has 26 heavy (non-hydrogen) atoms. The Balaban J connectivity index is 1.34. The van der Waals surface area contributed by atoms with Gasteiger partial charge in [-0.15, -0.1) is 0 Å². The molecule has 2 fully saturated rings. The molecule has 0 unspecified atom stereocenters. The lowest BCUT2D eigenvalue weighted by atomic mass is 9.95. The van der Waals surface area contributed by atoms with E-state index in [1.54, 1.807) is 0 Å². The van der Waals surface area contributed by atoms with Crippen molar-refractivity contribution >= 4 is 16.8 Å². The van der Waals surface area contributed by atoms with Gasteiger partial charge < -0.3 is 9.88 Å². The molecule has 1 aliphatic carbocycles. The SMILES string of the molecule is CCn1cc(CN2CCC(C(=O)NC3CCCC3)CC2)c2ccccc21. The van der Waals surface area contributed by atoms with Gasteiger partial charge in [0.05, 0.1) is 0 Å². The quantitative estimate of drug-likeness (QED) is 0.884. The van der Waals surface area contributed by atoms with Crippen molar-refractivity contribution in [3.8, 4) is 0 Å². The summed E-state index contributed by atoms with van der Waals surface area (Å²) in [5, 5.41) is 4.66. The highest BCUT2D eigenvalue weighted by molar-refractivity contribution is 5.84. The van der Waals surface area contributed by atoms with Crippen LogP contribution in [0.4, 0.5) is 0 Å². The number of carbonyl (C=O) groups excluding carboxylic acids is 1. The van der Waals surface area contributed by atoms with Crippen LogP contribution in [0, 0.1) is 5.92 Å². The van der Waals surface area contributed by atoms with Crippen molar-refractivity contribution in [3.05, 3.63) is 36.0 Å². The number of hydrogen-bond donors (Lipinski definition) is 1. The molecule has 1 aromatic heterocycles. The highest BCUT2D eigenvalue weighted by atomic mass is 16.1. The van der Waals surface area contributed by atoms with Crippen molar-refractivity contribution in [1.29, 1.82) is 0 Å². The Morgan fingerprint density at radius 2 is 1.85 bits per heavy atom. The lowest BCUT2D eigenvalue weighted by Crippen LogP contribution is -2.42. The third-order valence-corrected chi connectivity index (χ3v) is 6.27. The van der Waals surface area contributed by atoms with Crippen LogP contribution in [0.25, 0.3) is 10.9 Å². The highest BCUT2D eigenvalue weighted by Gasteiger charge is 2.27. The fourth-order valence-electron chi connectivity index (χ4n) is 4.69. The van der Waals surface area contributed by atoms with Crippen LogP contribution in [-0.2, 0) is 17.9 Å². The number of benzene rings is 1. The maximum atomic E-state index is 12.5. The molecule has 1 saturated carbocycles. The number of fused-ring (bicyclic) bond motifs is 1. The second-order valence-electron chi connectivity index (χ2n) is 8.00. The lowest BCUT2D eigenvalue weighted by Gasteiger charge is -2.31. The van der Waals surface area contributed by atoms with Gasteiger partial charge >= 0.3 is 0 Å². The summed E-state index contributed by atoms with van der Waals surface area (Å²) in [6.07, 6.45) is 9.18. The zero-order chi connectivity index (χ0) is 17.9. The van der Waals surface area contributed by atoms with Crippen LogP contribution >= 0.6 is 0 Å². The number of aryl methyl sites for hydroxylation is 1. The topological polar surface area (TPSA) is 37.3 Å². The first-order valence-electron chi connectivity index (χ1n) is 10.3. The number of nitrogens with zero attached hydrogens (tertiary/aromatic N) is 2. The van der Waals surface area contributed by atoms with Crippen molar-refractivity contribution < 1.29 is 4.79 Å². The fraction of sp³-hybridized carbons (Fsp3) is 0.591. The molecule has 1 aromatic carbocycles. The molecule has 1 amide bonds. The first-order valence-corrected chi connectivity index (χ1v) is 10.3. The zero-order valence-corrected chi connectivity index (χ0v) is 15.9. The predicted molar refractivity (Wildman–Crippen MR) is 106 cm³/mol. The summed E-state index contributed by atoms with van der Waals surface area (Å²) in [5.74, 6) is 0.517. The normalized spacial score (nSPS) is 20.0. The molecular weight excluding hydrogens is 322 g/mol. The number of rotatable bonds is 5. The maximum Gasteiger partial charge on any atom is 0.223 e. The van der Waals surface area contributed by atoms with E-state index in [-0.39, 0.29) is 5.92 Å². The van der Waals surface area contributed by atoms with E-state index < -0.39 is 0 Å². The largest absolute Gasteiger partial charge is 0.353 e. The smallest absolute Gasteiger partial charge is 0.223 e. The number of para-hydroxylation sites is 1. The first-order chi connectivity index (χ1) is 12.7. The summed E-state index contributed by atoms with van der Waals surface area (Å²) in [6, 6.07) is 9.14. The van der Waals surface area contributed by atoms with Crippen LogP contribution < -0.4 is 5.32 Å². The number of aromatic nitrogens is 1. The minimum atomic E-state index is 0.212. The lowest BCUT2D eigenvalue weighted by molar-refractivity contribution is -0.127. The molecule has 0 bridgehead atoms. The van der Waals surface area contributed by atoms with E-state index in [0.29, 0.717) is 11.9 Å². The maximum absolute atomic E-state index is 12.5. The molecule has 4 nitrogen and oxygen atoms in total. The average molecular weight is 354 g/mol. The second-order valence-corrected chi connectivity index (χ2v) is 8.00. The molecule has 2 aromatic rings. The van der Waals surface area contributed by atoms with Gasteiger partial charge in [0.25, 0.3) is 0 Å². The van der Waals surface area contributed by atoms with Gasteiger partial charge in [-0.25, -0.2) is 0 Å². The van der Waals surface area contributed by atoms with Crippen LogP contribution in [0.3, 0.4) is 0 Å². The van der Waals surface area contributed by atoms with Gasteiger partial charge in [-0.2, -0.15) is 0 Å².